The second kappa shape index (κ2) is 4.43. The second-order valence-corrected chi connectivity index (χ2v) is 4.63. The molecule has 108 valence electrons. The SMILES string of the molecule is Cc1cc2c(C(F)(F)F)c(N)ccc2n1C(C)C(=O)O. The Bertz CT molecular complexity index is 689. The summed E-state index contributed by atoms with van der Waals surface area (Å²) in [6.07, 6.45) is -4.59. The largest absolute Gasteiger partial charge is 0.480 e. The maximum atomic E-state index is 13.1. The van der Waals surface area contributed by atoms with Gasteiger partial charge in [-0.2, -0.15) is 13.2 Å². The smallest absolute Gasteiger partial charge is 0.419 e. The van der Waals surface area contributed by atoms with E-state index in [2.05, 4.69) is 0 Å². The molecule has 1 aromatic heterocycles. The first-order chi connectivity index (χ1) is 9.14. The zero-order valence-electron chi connectivity index (χ0n) is 10.8. The third-order valence-corrected chi connectivity index (χ3v) is 3.28. The lowest BCUT2D eigenvalue weighted by Crippen LogP contribution is -2.16. The molecule has 0 radical (unpaired) electrons. The molecule has 0 fully saturated rings. The van der Waals surface area contributed by atoms with Crippen molar-refractivity contribution in [2.75, 3.05) is 5.73 Å². The molecule has 1 aromatic carbocycles. The summed E-state index contributed by atoms with van der Waals surface area (Å²) in [5.74, 6) is -1.11. The Balaban J connectivity index is 2.84. The first-order valence-electron chi connectivity index (χ1n) is 5.84. The average molecular weight is 286 g/mol. The van der Waals surface area contributed by atoms with Crippen molar-refractivity contribution in [1.29, 1.82) is 0 Å². The average Bonchev–Trinajstić information content (AvgIpc) is 2.61. The van der Waals surface area contributed by atoms with Crippen molar-refractivity contribution < 1.29 is 23.1 Å². The molecule has 0 aliphatic carbocycles. The summed E-state index contributed by atoms with van der Waals surface area (Å²) in [6.45, 7) is 2.98. The molecule has 0 bridgehead atoms. The minimum absolute atomic E-state index is 0.0805. The number of alkyl halides is 3. The van der Waals surface area contributed by atoms with Crippen LogP contribution in [0.4, 0.5) is 18.9 Å². The number of hydrogen-bond acceptors (Lipinski definition) is 2. The van der Waals surface area contributed by atoms with E-state index in [1.165, 1.54) is 23.6 Å². The predicted molar refractivity (Wildman–Crippen MR) is 68.4 cm³/mol. The summed E-state index contributed by atoms with van der Waals surface area (Å²) >= 11 is 0. The molecule has 2 aromatic rings. The van der Waals surface area contributed by atoms with Gasteiger partial charge in [-0.15, -0.1) is 0 Å². The van der Waals surface area contributed by atoms with Crippen LogP contribution in [0.1, 0.15) is 24.2 Å². The summed E-state index contributed by atoms with van der Waals surface area (Å²) in [4.78, 5) is 11.1. The number of nitrogens with zero attached hydrogens (tertiary/aromatic N) is 1. The maximum Gasteiger partial charge on any atom is 0.419 e. The molecular formula is C13H13F3N2O2. The zero-order chi connectivity index (χ0) is 15.2. The van der Waals surface area contributed by atoms with Crippen LogP contribution in [0, 0.1) is 6.92 Å². The molecule has 0 saturated carbocycles. The number of nitrogens with two attached hydrogens (primary N) is 1. The third-order valence-electron chi connectivity index (χ3n) is 3.28. The number of rotatable bonds is 2. The molecular weight excluding hydrogens is 273 g/mol. The van der Waals surface area contributed by atoms with Crippen LogP contribution in [0.5, 0.6) is 0 Å². The molecule has 1 heterocycles. The monoisotopic (exact) mass is 286 g/mol. The predicted octanol–water partition coefficient (Wildman–Crippen LogP) is 3.20. The number of fused-ring (bicyclic) bond motifs is 1. The van der Waals surface area contributed by atoms with Gasteiger partial charge in [0.05, 0.1) is 5.56 Å². The number of hydrogen-bond donors (Lipinski definition) is 2. The Kier molecular flexibility index (Phi) is 3.15. The van der Waals surface area contributed by atoms with Gasteiger partial charge < -0.3 is 15.4 Å². The summed E-state index contributed by atoms with van der Waals surface area (Å²) in [7, 11) is 0. The van der Waals surface area contributed by atoms with Gasteiger partial charge in [-0.25, -0.2) is 4.79 Å². The fourth-order valence-electron chi connectivity index (χ4n) is 2.39. The van der Waals surface area contributed by atoms with E-state index >= 15 is 0 Å². The molecule has 0 spiro atoms. The molecule has 2 rings (SSSR count). The number of carboxylic acids is 1. The Hall–Kier alpha value is -2.18. The molecule has 0 aliphatic heterocycles. The highest BCUT2D eigenvalue weighted by atomic mass is 19.4. The highest BCUT2D eigenvalue weighted by molar-refractivity contribution is 5.91. The Morgan fingerprint density at radius 3 is 2.50 bits per heavy atom. The van der Waals surface area contributed by atoms with Crippen LogP contribution in [0.15, 0.2) is 18.2 Å². The highest BCUT2D eigenvalue weighted by Crippen LogP contribution is 2.40. The van der Waals surface area contributed by atoms with E-state index in [9.17, 15) is 18.0 Å². The van der Waals surface area contributed by atoms with Crippen molar-refractivity contribution in [3.63, 3.8) is 0 Å². The van der Waals surface area contributed by atoms with Gasteiger partial charge in [-0.1, -0.05) is 0 Å². The van der Waals surface area contributed by atoms with E-state index in [0.717, 1.165) is 6.07 Å². The summed E-state index contributed by atoms with van der Waals surface area (Å²) in [5, 5.41) is 8.97. The van der Waals surface area contributed by atoms with E-state index in [0.29, 0.717) is 5.69 Å². The summed E-state index contributed by atoms with van der Waals surface area (Å²) < 4.78 is 40.6. The van der Waals surface area contributed by atoms with Crippen molar-refractivity contribution >= 4 is 22.6 Å². The van der Waals surface area contributed by atoms with Crippen LogP contribution < -0.4 is 5.73 Å². The van der Waals surface area contributed by atoms with Gasteiger partial charge in [0, 0.05) is 22.3 Å². The minimum atomic E-state index is -4.59. The van der Waals surface area contributed by atoms with Crippen molar-refractivity contribution in [1.82, 2.24) is 4.57 Å². The third kappa shape index (κ3) is 2.09. The van der Waals surface area contributed by atoms with Crippen LogP contribution in [0.2, 0.25) is 0 Å². The normalized spacial score (nSPS) is 13.7. The number of halogens is 3. The lowest BCUT2D eigenvalue weighted by Gasteiger charge is -2.15. The Morgan fingerprint density at radius 1 is 1.40 bits per heavy atom. The standard InChI is InChI=1S/C13H13F3N2O2/c1-6-5-8-10(18(6)7(2)12(19)20)4-3-9(17)11(8)13(14,15)16/h3-5,7H,17H2,1-2H3,(H,19,20). The fraction of sp³-hybridized carbons (Fsp3) is 0.308. The van der Waals surface area contributed by atoms with Gasteiger partial charge in [-0.05, 0) is 32.0 Å². The van der Waals surface area contributed by atoms with Gasteiger partial charge in [0.1, 0.15) is 6.04 Å². The number of aliphatic carboxylic acids is 1. The first kappa shape index (κ1) is 14.2. The molecule has 3 N–H and O–H groups in total. The van der Waals surface area contributed by atoms with E-state index in [1.54, 1.807) is 6.92 Å². The van der Waals surface area contributed by atoms with E-state index < -0.39 is 23.8 Å². The quantitative estimate of drug-likeness (QED) is 0.833. The molecule has 0 amide bonds. The Labute approximate surface area is 112 Å². The minimum Gasteiger partial charge on any atom is -0.480 e. The summed E-state index contributed by atoms with van der Waals surface area (Å²) in [5.41, 5.74) is 4.77. The van der Waals surface area contributed by atoms with Crippen LogP contribution in [0.3, 0.4) is 0 Å². The molecule has 7 heteroatoms. The van der Waals surface area contributed by atoms with Gasteiger partial charge in [0.25, 0.3) is 0 Å². The van der Waals surface area contributed by atoms with Crippen LogP contribution in [-0.2, 0) is 11.0 Å². The lowest BCUT2D eigenvalue weighted by molar-refractivity contribution is -0.140. The van der Waals surface area contributed by atoms with Crippen LogP contribution in [0.25, 0.3) is 10.9 Å². The number of carboxylic acid groups (broad SMARTS) is 1. The van der Waals surface area contributed by atoms with Crippen molar-refractivity contribution in [3.05, 3.63) is 29.5 Å². The lowest BCUT2D eigenvalue weighted by atomic mass is 10.1. The molecule has 0 aliphatic rings. The Morgan fingerprint density at radius 2 is 2.00 bits per heavy atom. The van der Waals surface area contributed by atoms with E-state index in [4.69, 9.17) is 10.8 Å². The maximum absolute atomic E-state index is 13.1. The zero-order valence-corrected chi connectivity index (χ0v) is 10.8. The number of benzene rings is 1. The number of anilines is 1. The number of carbonyl (C=O) groups is 1. The fourth-order valence-corrected chi connectivity index (χ4v) is 2.39. The molecule has 0 saturated heterocycles. The highest BCUT2D eigenvalue weighted by Gasteiger charge is 2.36. The topological polar surface area (TPSA) is 68.2 Å². The van der Waals surface area contributed by atoms with Crippen molar-refractivity contribution in [2.24, 2.45) is 0 Å². The van der Waals surface area contributed by atoms with Gasteiger partial charge in [0.2, 0.25) is 0 Å². The van der Waals surface area contributed by atoms with E-state index in [-0.39, 0.29) is 16.6 Å². The first-order valence-corrected chi connectivity index (χ1v) is 5.84. The number of nitrogen functional groups attached to an aromatic ring is 1. The molecule has 4 nitrogen and oxygen atoms in total. The van der Waals surface area contributed by atoms with Crippen molar-refractivity contribution in [2.45, 2.75) is 26.1 Å². The van der Waals surface area contributed by atoms with Gasteiger partial charge in [-0.3, -0.25) is 0 Å². The van der Waals surface area contributed by atoms with Crippen molar-refractivity contribution in [3.8, 4) is 0 Å². The van der Waals surface area contributed by atoms with E-state index in [1.807, 2.05) is 0 Å². The van der Waals surface area contributed by atoms with Crippen LogP contribution >= 0.6 is 0 Å². The summed E-state index contributed by atoms with van der Waals surface area (Å²) in [6, 6.07) is 2.91. The van der Waals surface area contributed by atoms with Crippen LogP contribution in [-0.4, -0.2) is 15.6 Å². The second-order valence-electron chi connectivity index (χ2n) is 4.63. The number of aromatic nitrogens is 1. The van der Waals surface area contributed by atoms with Gasteiger partial charge in [0.15, 0.2) is 0 Å². The molecule has 1 atom stereocenters. The molecule has 20 heavy (non-hydrogen) atoms. The molecule has 1 unspecified atom stereocenters. The van der Waals surface area contributed by atoms with Gasteiger partial charge >= 0.3 is 12.1 Å². The number of aryl methyl sites for hydroxylation is 1.